The van der Waals surface area contributed by atoms with E-state index in [0.29, 0.717) is 11.9 Å². The molecule has 0 spiro atoms. The third-order valence-electron chi connectivity index (χ3n) is 4.69. The molecule has 0 radical (unpaired) electrons. The molecule has 1 atom stereocenters. The first-order chi connectivity index (χ1) is 12.9. The Kier molecular flexibility index (Phi) is 4.11. The number of nitrogens with zero attached hydrogens (tertiary/aromatic N) is 2. The molecule has 0 fully saturated rings. The molecule has 1 aliphatic rings. The van der Waals surface area contributed by atoms with Crippen molar-refractivity contribution in [2.45, 2.75) is 31.2 Å². The van der Waals surface area contributed by atoms with Crippen molar-refractivity contribution in [2.24, 2.45) is 0 Å². The molecule has 1 aromatic heterocycles. The van der Waals surface area contributed by atoms with Gasteiger partial charge < -0.3 is 9.08 Å². The molecule has 4 rings (SSSR count). The Morgan fingerprint density at radius 1 is 1.19 bits per heavy atom. The Balaban J connectivity index is 1.71. The Morgan fingerprint density at radius 3 is 2.74 bits per heavy atom. The molecule has 0 bridgehead atoms. The number of amides is 1. The van der Waals surface area contributed by atoms with Gasteiger partial charge in [0.2, 0.25) is 5.91 Å². The molecule has 0 aliphatic carbocycles. The van der Waals surface area contributed by atoms with Gasteiger partial charge in [-0.15, -0.1) is 0 Å². The molecule has 1 unspecified atom stereocenters. The van der Waals surface area contributed by atoms with Crippen LogP contribution in [0.4, 0.5) is 5.69 Å². The van der Waals surface area contributed by atoms with Crippen molar-refractivity contribution >= 4 is 32.6 Å². The third kappa shape index (κ3) is 3.04. The van der Waals surface area contributed by atoms with E-state index >= 15 is 0 Å². The summed E-state index contributed by atoms with van der Waals surface area (Å²) in [7, 11) is -4.03. The van der Waals surface area contributed by atoms with Crippen LogP contribution in [0, 0.1) is 0 Å². The summed E-state index contributed by atoms with van der Waals surface area (Å²) < 4.78 is 31.0. The monoisotopic (exact) mass is 382 g/mol. The van der Waals surface area contributed by atoms with E-state index in [1.54, 1.807) is 41.4 Å². The van der Waals surface area contributed by atoms with Crippen molar-refractivity contribution in [1.82, 2.24) is 4.98 Å². The number of fused-ring (bicyclic) bond motifs is 2. The second-order valence-corrected chi connectivity index (χ2v) is 8.15. The first-order valence-corrected chi connectivity index (χ1v) is 9.98. The van der Waals surface area contributed by atoms with Crippen LogP contribution in [0.15, 0.2) is 59.6 Å². The van der Waals surface area contributed by atoms with Gasteiger partial charge in [0.05, 0.1) is 0 Å². The van der Waals surface area contributed by atoms with E-state index in [1.165, 1.54) is 13.0 Å². The minimum absolute atomic E-state index is 0.00126. The van der Waals surface area contributed by atoms with E-state index in [2.05, 4.69) is 4.98 Å². The van der Waals surface area contributed by atoms with E-state index in [-0.39, 0.29) is 22.6 Å². The second kappa shape index (κ2) is 6.35. The summed E-state index contributed by atoms with van der Waals surface area (Å²) >= 11 is 0. The summed E-state index contributed by atoms with van der Waals surface area (Å²) in [5.74, 6) is 0.127. The summed E-state index contributed by atoms with van der Waals surface area (Å²) in [4.78, 5) is 17.8. The van der Waals surface area contributed by atoms with E-state index in [4.69, 9.17) is 4.18 Å². The van der Waals surface area contributed by atoms with Crippen molar-refractivity contribution in [3.8, 4) is 5.75 Å². The van der Waals surface area contributed by atoms with Crippen LogP contribution in [0.25, 0.3) is 10.9 Å². The van der Waals surface area contributed by atoms with Gasteiger partial charge in [0.15, 0.2) is 5.75 Å². The largest absolute Gasteiger partial charge is 0.377 e. The molecule has 0 N–H and O–H groups in total. The number of hydrogen-bond acceptors (Lipinski definition) is 5. The van der Waals surface area contributed by atoms with E-state index < -0.39 is 10.1 Å². The molecule has 1 aliphatic heterocycles. The molecule has 0 saturated heterocycles. The molecular formula is C20H18N2O4S. The number of para-hydroxylation sites is 1. The first kappa shape index (κ1) is 17.5. The van der Waals surface area contributed by atoms with Crippen LogP contribution in [0.2, 0.25) is 0 Å². The zero-order valence-electron chi connectivity index (χ0n) is 14.9. The topological polar surface area (TPSA) is 76.6 Å². The van der Waals surface area contributed by atoms with Crippen molar-refractivity contribution in [2.75, 3.05) is 4.90 Å². The Labute approximate surface area is 157 Å². The van der Waals surface area contributed by atoms with Crippen LogP contribution < -0.4 is 9.08 Å². The van der Waals surface area contributed by atoms with Gasteiger partial charge in [-0.3, -0.25) is 9.78 Å². The molecule has 6 nitrogen and oxygen atoms in total. The van der Waals surface area contributed by atoms with Gasteiger partial charge in [-0.05, 0) is 49.2 Å². The van der Waals surface area contributed by atoms with Crippen LogP contribution in [0.3, 0.4) is 0 Å². The van der Waals surface area contributed by atoms with Gasteiger partial charge in [-0.25, -0.2) is 0 Å². The predicted molar refractivity (Wildman–Crippen MR) is 102 cm³/mol. The number of rotatable bonds is 3. The quantitative estimate of drug-likeness (QED) is 0.650. The van der Waals surface area contributed by atoms with Crippen LogP contribution in [0.5, 0.6) is 5.75 Å². The number of pyridine rings is 1. The minimum Gasteiger partial charge on any atom is -0.377 e. The smallest absolute Gasteiger partial charge is 0.339 e. The van der Waals surface area contributed by atoms with Crippen LogP contribution in [0.1, 0.15) is 19.4 Å². The fraction of sp³-hybridized carbons (Fsp3) is 0.200. The van der Waals surface area contributed by atoms with Crippen molar-refractivity contribution in [1.29, 1.82) is 0 Å². The van der Waals surface area contributed by atoms with Gasteiger partial charge in [-0.1, -0.05) is 18.2 Å². The number of hydrogen-bond donors (Lipinski definition) is 0. The number of carbonyl (C=O) groups excluding carboxylic acids is 1. The molecular weight excluding hydrogens is 364 g/mol. The summed E-state index contributed by atoms with van der Waals surface area (Å²) in [5, 5.41) is 0.796. The van der Waals surface area contributed by atoms with Crippen molar-refractivity contribution < 1.29 is 17.4 Å². The fourth-order valence-electron chi connectivity index (χ4n) is 3.55. The van der Waals surface area contributed by atoms with Crippen LogP contribution >= 0.6 is 0 Å². The van der Waals surface area contributed by atoms with E-state index in [1.807, 2.05) is 19.1 Å². The molecule has 2 heterocycles. The highest BCUT2D eigenvalue weighted by molar-refractivity contribution is 7.87. The lowest BCUT2D eigenvalue weighted by molar-refractivity contribution is -0.116. The number of aromatic nitrogens is 1. The first-order valence-electron chi connectivity index (χ1n) is 8.58. The Bertz CT molecular complexity index is 1150. The van der Waals surface area contributed by atoms with Crippen LogP contribution in [-0.4, -0.2) is 25.4 Å². The van der Waals surface area contributed by atoms with Gasteiger partial charge in [0, 0.05) is 30.2 Å². The second-order valence-electron chi connectivity index (χ2n) is 6.60. The van der Waals surface area contributed by atoms with Crippen LogP contribution in [-0.2, 0) is 21.3 Å². The zero-order chi connectivity index (χ0) is 19.2. The summed E-state index contributed by atoms with van der Waals surface area (Å²) in [6.45, 7) is 3.45. The average Bonchev–Trinajstić information content (AvgIpc) is 2.97. The molecule has 3 aromatic rings. The standard InChI is InChI=1S/C20H18N2O4S/c1-13-11-16-12-17(8-9-18(16)22(13)14(2)23)27(24,25)26-19-7-3-5-15-6-4-10-21-20(15)19/h3-10,12-13H,11H2,1-2H3. The highest BCUT2D eigenvalue weighted by Gasteiger charge is 2.30. The molecule has 27 heavy (non-hydrogen) atoms. The lowest BCUT2D eigenvalue weighted by atomic mass is 10.1. The summed E-state index contributed by atoms with van der Waals surface area (Å²) in [6.07, 6.45) is 2.20. The summed E-state index contributed by atoms with van der Waals surface area (Å²) in [5.41, 5.74) is 2.06. The maximum Gasteiger partial charge on any atom is 0.339 e. The van der Waals surface area contributed by atoms with Crippen molar-refractivity contribution in [3.63, 3.8) is 0 Å². The predicted octanol–water partition coefficient (Wildman–Crippen LogP) is 3.30. The number of benzene rings is 2. The third-order valence-corrected chi connectivity index (χ3v) is 5.92. The zero-order valence-corrected chi connectivity index (χ0v) is 15.7. The normalized spacial score (nSPS) is 16.4. The van der Waals surface area contributed by atoms with Gasteiger partial charge >= 0.3 is 10.1 Å². The lowest BCUT2D eigenvalue weighted by Gasteiger charge is -2.20. The fourth-order valence-corrected chi connectivity index (χ4v) is 4.54. The maximum absolute atomic E-state index is 12.8. The average molecular weight is 382 g/mol. The molecule has 2 aromatic carbocycles. The molecule has 0 saturated carbocycles. The SMILES string of the molecule is CC(=O)N1c2ccc(S(=O)(=O)Oc3cccc4cccnc34)cc2CC1C. The number of carbonyl (C=O) groups is 1. The van der Waals surface area contributed by atoms with Gasteiger partial charge in [0.25, 0.3) is 0 Å². The number of anilines is 1. The lowest BCUT2D eigenvalue weighted by Crippen LogP contribution is -2.33. The molecule has 1 amide bonds. The van der Waals surface area contributed by atoms with Gasteiger partial charge in [0.1, 0.15) is 10.4 Å². The Morgan fingerprint density at radius 2 is 1.96 bits per heavy atom. The van der Waals surface area contributed by atoms with E-state index in [0.717, 1.165) is 16.6 Å². The maximum atomic E-state index is 12.8. The summed E-state index contributed by atoms with van der Waals surface area (Å²) in [6, 6.07) is 13.5. The Hall–Kier alpha value is -2.93. The highest BCUT2D eigenvalue weighted by Crippen LogP contribution is 2.35. The highest BCUT2D eigenvalue weighted by atomic mass is 32.2. The van der Waals surface area contributed by atoms with E-state index in [9.17, 15) is 13.2 Å². The van der Waals surface area contributed by atoms with Crippen molar-refractivity contribution in [3.05, 3.63) is 60.3 Å². The molecule has 138 valence electrons. The molecule has 7 heteroatoms. The van der Waals surface area contributed by atoms with Gasteiger partial charge in [-0.2, -0.15) is 8.42 Å². The minimum atomic E-state index is -4.03.